The lowest BCUT2D eigenvalue weighted by Gasteiger charge is -2.30. The Labute approximate surface area is 188 Å². The summed E-state index contributed by atoms with van der Waals surface area (Å²) in [5.74, 6) is 0.308. The second-order valence-electron chi connectivity index (χ2n) is 8.15. The largest absolute Gasteiger partial charge is 0.334 e. The fraction of sp³-hybridized carbons (Fsp3) is 0.478. The number of pyridine rings is 1. The van der Waals surface area contributed by atoms with E-state index >= 15 is 0 Å². The van der Waals surface area contributed by atoms with E-state index in [0.717, 1.165) is 37.9 Å². The Morgan fingerprint density at radius 3 is 2.83 bits per heavy atom. The van der Waals surface area contributed by atoms with E-state index in [0.29, 0.717) is 31.1 Å². The number of hydrogen-bond donors (Lipinski definition) is 1. The molecule has 2 aromatic rings. The summed E-state index contributed by atoms with van der Waals surface area (Å²) in [6.07, 6.45) is 7.02. The van der Waals surface area contributed by atoms with Crippen molar-refractivity contribution in [2.24, 2.45) is 5.92 Å². The zero-order chi connectivity index (χ0) is 20.4. The van der Waals surface area contributed by atoms with Crippen molar-refractivity contribution in [1.29, 1.82) is 0 Å². The minimum Gasteiger partial charge on any atom is -0.334 e. The summed E-state index contributed by atoms with van der Waals surface area (Å²) in [6, 6.07) is 8.36. The first-order valence-corrected chi connectivity index (χ1v) is 11.6. The van der Waals surface area contributed by atoms with Crippen LogP contribution >= 0.6 is 24.2 Å². The Balaban J connectivity index is 0.00000256. The zero-order valence-corrected chi connectivity index (χ0v) is 19.3. The quantitative estimate of drug-likeness (QED) is 0.729. The van der Waals surface area contributed by atoms with Crippen molar-refractivity contribution in [3.8, 4) is 0 Å². The molecular formula is C23H30ClN3O2S. The molecule has 0 saturated carbocycles. The molecule has 4 rings (SSSR count). The van der Waals surface area contributed by atoms with Crippen LogP contribution in [-0.2, 0) is 19.5 Å². The number of aryl methyl sites for hydroxylation is 1. The first kappa shape index (κ1) is 22.9. The summed E-state index contributed by atoms with van der Waals surface area (Å²) < 4.78 is 1.74. The number of nitrogens with one attached hydrogen (secondary N) is 1. The number of thioether (sulfide) groups is 1. The van der Waals surface area contributed by atoms with E-state index < -0.39 is 0 Å². The van der Waals surface area contributed by atoms with Gasteiger partial charge in [0.15, 0.2) is 0 Å². The number of fused-ring (bicyclic) bond motifs is 1. The van der Waals surface area contributed by atoms with E-state index in [1.165, 1.54) is 16.0 Å². The number of benzene rings is 1. The first-order chi connectivity index (χ1) is 14.1. The van der Waals surface area contributed by atoms with Crippen molar-refractivity contribution in [1.82, 2.24) is 14.8 Å². The molecule has 3 heterocycles. The Kier molecular flexibility index (Phi) is 7.66. The van der Waals surface area contributed by atoms with Gasteiger partial charge in [0, 0.05) is 30.7 Å². The molecule has 1 saturated heterocycles. The van der Waals surface area contributed by atoms with Crippen molar-refractivity contribution < 1.29 is 4.79 Å². The lowest BCUT2D eigenvalue weighted by Crippen LogP contribution is -2.41. The lowest BCUT2D eigenvalue weighted by atomic mass is 9.98. The molecule has 7 heteroatoms. The van der Waals surface area contributed by atoms with Gasteiger partial charge in [-0.15, -0.1) is 24.2 Å². The topological polar surface area (TPSA) is 54.3 Å². The van der Waals surface area contributed by atoms with Gasteiger partial charge in [-0.2, -0.15) is 0 Å². The van der Waals surface area contributed by atoms with Crippen molar-refractivity contribution in [2.75, 3.05) is 25.9 Å². The van der Waals surface area contributed by atoms with Crippen LogP contribution in [0.4, 0.5) is 0 Å². The molecule has 0 spiro atoms. The van der Waals surface area contributed by atoms with E-state index in [1.807, 2.05) is 24.1 Å². The molecule has 1 fully saturated rings. The van der Waals surface area contributed by atoms with Crippen LogP contribution in [0.15, 0.2) is 40.2 Å². The minimum absolute atomic E-state index is 0. The highest BCUT2D eigenvalue weighted by molar-refractivity contribution is 7.98. The maximum Gasteiger partial charge on any atom is 0.263 e. The van der Waals surface area contributed by atoms with E-state index in [-0.39, 0.29) is 23.9 Å². The number of aromatic nitrogens is 1. The fourth-order valence-corrected chi connectivity index (χ4v) is 4.88. The van der Waals surface area contributed by atoms with Crippen LogP contribution in [0.3, 0.4) is 0 Å². The average Bonchev–Trinajstić information content (AvgIpc) is 2.75. The predicted octanol–water partition coefficient (Wildman–Crippen LogP) is 3.50. The van der Waals surface area contributed by atoms with Gasteiger partial charge >= 0.3 is 0 Å². The molecule has 0 bridgehead atoms. The van der Waals surface area contributed by atoms with E-state index in [2.05, 4.69) is 29.8 Å². The van der Waals surface area contributed by atoms with Crippen molar-refractivity contribution >= 4 is 30.1 Å². The summed E-state index contributed by atoms with van der Waals surface area (Å²) in [6.45, 7) is 5.76. The number of carbonyl (C=O) groups excluding carboxylic acids is 1. The Morgan fingerprint density at radius 2 is 2.10 bits per heavy atom. The minimum atomic E-state index is -0.149. The Morgan fingerprint density at radius 1 is 1.27 bits per heavy atom. The molecule has 1 unspecified atom stereocenters. The molecule has 0 aliphatic carbocycles. The number of piperidine rings is 1. The number of amides is 1. The van der Waals surface area contributed by atoms with Crippen LogP contribution in [0.25, 0.3) is 0 Å². The third kappa shape index (κ3) is 4.76. The molecule has 5 nitrogen and oxygen atoms in total. The van der Waals surface area contributed by atoms with Crippen LogP contribution < -0.4 is 10.9 Å². The summed E-state index contributed by atoms with van der Waals surface area (Å²) >= 11 is 1.74. The van der Waals surface area contributed by atoms with Gasteiger partial charge in [0.1, 0.15) is 5.56 Å². The number of nitrogens with zero attached hydrogens (tertiary/aromatic N) is 2. The third-order valence-electron chi connectivity index (χ3n) is 6.15. The van der Waals surface area contributed by atoms with Gasteiger partial charge in [-0.1, -0.05) is 6.07 Å². The van der Waals surface area contributed by atoms with Crippen molar-refractivity contribution in [3.63, 3.8) is 0 Å². The number of rotatable bonds is 4. The van der Waals surface area contributed by atoms with Crippen LogP contribution in [0, 0.1) is 12.8 Å². The maximum absolute atomic E-state index is 13.3. The molecule has 1 N–H and O–H groups in total. The summed E-state index contributed by atoms with van der Waals surface area (Å²) in [7, 11) is 0. The Hall–Kier alpha value is -1.76. The smallest absolute Gasteiger partial charge is 0.263 e. The van der Waals surface area contributed by atoms with E-state index in [1.54, 1.807) is 16.3 Å². The standard InChI is InChI=1S/C23H29N3O2S.ClH/c1-16-7-10-25(14-17-4-3-9-24-13-17)22(27)21(16)23(28)26-11-8-18-12-20(29-2)6-5-19(18)15-26;/h5-7,10,12,17,24H,3-4,8-9,11,13-15H2,1-2H3;1H. The van der Waals surface area contributed by atoms with Gasteiger partial charge in [0.2, 0.25) is 0 Å². The third-order valence-corrected chi connectivity index (χ3v) is 6.88. The molecule has 0 radical (unpaired) electrons. The molecule has 2 aliphatic rings. The average molecular weight is 448 g/mol. The predicted molar refractivity (Wildman–Crippen MR) is 125 cm³/mol. The van der Waals surface area contributed by atoms with Crippen LogP contribution in [0.1, 0.15) is 39.9 Å². The van der Waals surface area contributed by atoms with Crippen molar-refractivity contribution in [2.45, 2.75) is 44.2 Å². The molecule has 1 atom stereocenters. The lowest BCUT2D eigenvalue weighted by molar-refractivity contribution is 0.0731. The van der Waals surface area contributed by atoms with E-state index in [9.17, 15) is 9.59 Å². The maximum atomic E-state index is 13.3. The highest BCUT2D eigenvalue weighted by atomic mass is 35.5. The molecule has 1 aromatic heterocycles. The highest BCUT2D eigenvalue weighted by Gasteiger charge is 2.26. The van der Waals surface area contributed by atoms with Crippen LogP contribution in [-0.4, -0.2) is 41.3 Å². The van der Waals surface area contributed by atoms with Crippen molar-refractivity contribution in [3.05, 3.63) is 63.1 Å². The molecule has 162 valence electrons. The fourth-order valence-electron chi connectivity index (χ4n) is 4.41. The summed E-state index contributed by atoms with van der Waals surface area (Å²) in [5, 5.41) is 3.40. The molecule has 2 aliphatic heterocycles. The van der Waals surface area contributed by atoms with Gasteiger partial charge in [-0.3, -0.25) is 9.59 Å². The van der Waals surface area contributed by atoms with E-state index in [4.69, 9.17) is 0 Å². The van der Waals surface area contributed by atoms with Crippen LogP contribution in [0.2, 0.25) is 0 Å². The zero-order valence-electron chi connectivity index (χ0n) is 17.6. The number of carbonyl (C=O) groups is 1. The van der Waals surface area contributed by atoms with Crippen LogP contribution in [0.5, 0.6) is 0 Å². The second-order valence-corrected chi connectivity index (χ2v) is 9.03. The molecule has 30 heavy (non-hydrogen) atoms. The highest BCUT2D eigenvalue weighted by Crippen LogP contribution is 2.25. The van der Waals surface area contributed by atoms with Gasteiger partial charge in [0.05, 0.1) is 0 Å². The molecule has 1 aromatic carbocycles. The normalized spacial score (nSPS) is 18.5. The monoisotopic (exact) mass is 447 g/mol. The summed E-state index contributed by atoms with van der Waals surface area (Å²) in [4.78, 5) is 29.6. The number of halogens is 1. The molecule has 1 amide bonds. The van der Waals surface area contributed by atoms with Gasteiger partial charge in [-0.25, -0.2) is 0 Å². The SMILES string of the molecule is CSc1ccc2c(c1)CCN(C(=O)c1c(C)ccn(CC3CCCNC3)c1=O)C2.Cl. The Bertz CT molecular complexity index is 969. The summed E-state index contributed by atoms with van der Waals surface area (Å²) in [5.41, 5.74) is 3.45. The molecular weight excluding hydrogens is 418 g/mol. The first-order valence-electron chi connectivity index (χ1n) is 10.4. The van der Waals surface area contributed by atoms with Gasteiger partial charge < -0.3 is 14.8 Å². The number of hydrogen-bond acceptors (Lipinski definition) is 4. The van der Waals surface area contributed by atoms with Gasteiger partial charge in [0.25, 0.3) is 11.5 Å². The van der Waals surface area contributed by atoms with Gasteiger partial charge in [-0.05, 0) is 86.3 Å². The second kappa shape index (κ2) is 10.0.